The summed E-state index contributed by atoms with van der Waals surface area (Å²) in [5.74, 6) is -1.60. The number of rotatable bonds is 7. The van der Waals surface area contributed by atoms with Crippen LogP contribution in [0.4, 0.5) is 4.39 Å². The van der Waals surface area contributed by atoms with Crippen LogP contribution in [-0.2, 0) is 9.59 Å². The molecule has 5 nitrogen and oxygen atoms in total. The lowest BCUT2D eigenvalue weighted by Crippen LogP contribution is -2.38. The Morgan fingerprint density at radius 1 is 1.47 bits per heavy atom. The Labute approximate surface area is 110 Å². The zero-order valence-corrected chi connectivity index (χ0v) is 10.6. The summed E-state index contributed by atoms with van der Waals surface area (Å²) in [6, 6.07) is 5.02. The highest BCUT2D eigenvalue weighted by Crippen LogP contribution is 2.11. The molecule has 2 N–H and O–H groups in total. The molecule has 0 saturated heterocycles. The molecule has 1 amide bonds. The first-order valence-corrected chi connectivity index (χ1v) is 5.90. The number of nitrogens with one attached hydrogen (secondary N) is 1. The van der Waals surface area contributed by atoms with E-state index >= 15 is 0 Å². The van der Waals surface area contributed by atoms with Crippen molar-refractivity contribution >= 4 is 11.9 Å². The van der Waals surface area contributed by atoms with Gasteiger partial charge in [-0.05, 0) is 18.6 Å². The molecule has 1 aromatic rings. The molecular formula is C13H16FNO4. The van der Waals surface area contributed by atoms with Crippen LogP contribution in [0.5, 0.6) is 5.75 Å². The van der Waals surface area contributed by atoms with Crippen molar-refractivity contribution in [2.45, 2.75) is 25.8 Å². The molecule has 0 spiro atoms. The lowest BCUT2D eigenvalue weighted by atomic mass is 10.1. The number of benzene rings is 1. The van der Waals surface area contributed by atoms with Gasteiger partial charge in [0, 0.05) is 12.1 Å². The van der Waals surface area contributed by atoms with Crippen LogP contribution in [0, 0.1) is 5.82 Å². The monoisotopic (exact) mass is 269 g/mol. The molecule has 104 valence electrons. The van der Waals surface area contributed by atoms with Gasteiger partial charge in [0.05, 0.1) is 6.42 Å². The molecule has 1 rings (SSSR count). The second kappa shape index (κ2) is 7.35. The Balaban J connectivity index is 2.40. The van der Waals surface area contributed by atoms with Crippen LogP contribution in [0.15, 0.2) is 24.3 Å². The second-order valence-corrected chi connectivity index (χ2v) is 4.02. The Morgan fingerprint density at radius 2 is 2.21 bits per heavy atom. The molecule has 1 atom stereocenters. The van der Waals surface area contributed by atoms with Crippen molar-refractivity contribution in [2.24, 2.45) is 0 Å². The van der Waals surface area contributed by atoms with E-state index in [-0.39, 0.29) is 18.8 Å². The smallest absolute Gasteiger partial charge is 0.305 e. The largest absolute Gasteiger partial charge is 0.484 e. The van der Waals surface area contributed by atoms with Gasteiger partial charge in [0.15, 0.2) is 6.61 Å². The SMILES string of the molecule is CCC(CC(=O)O)NC(=O)COc1cccc(F)c1. The summed E-state index contributed by atoms with van der Waals surface area (Å²) in [4.78, 5) is 22.1. The molecule has 0 aliphatic heterocycles. The first kappa shape index (κ1) is 14.9. The van der Waals surface area contributed by atoms with E-state index in [4.69, 9.17) is 9.84 Å². The van der Waals surface area contributed by atoms with E-state index in [1.807, 2.05) is 0 Å². The van der Waals surface area contributed by atoms with E-state index in [9.17, 15) is 14.0 Å². The molecule has 0 radical (unpaired) electrons. The Hall–Kier alpha value is -2.11. The minimum Gasteiger partial charge on any atom is -0.484 e. The number of carbonyl (C=O) groups excluding carboxylic acids is 1. The van der Waals surface area contributed by atoms with E-state index < -0.39 is 23.7 Å². The average Bonchev–Trinajstić information content (AvgIpc) is 2.35. The fraction of sp³-hybridized carbons (Fsp3) is 0.385. The Bertz CT molecular complexity index is 450. The van der Waals surface area contributed by atoms with Gasteiger partial charge >= 0.3 is 5.97 Å². The van der Waals surface area contributed by atoms with Gasteiger partial charge in [-0.3, -0.25) is 9.59 Å². The maximum atomic E-state index is 12.9. The lowest BCUT2D eigenvalue weighted by Gasteiger charge is -2.15. The molecule has 0 aliphatic carbocycles. The highest BCUT2D eigenvalue weighted by molar-refractivity contribution is 5.78. The van der Waals surface area contributed by atoms with Crippen molar-refractivity contribution in [1.82, 2.24) is 5.32 Å². The van der Waals surface area contributed by atoms with Crippen molar-refractivity contribution in [3.8, 4) is 5.75 Å². The van der Waals surface area contributed by atoms with Gasteiger partial charge in [0.1, 0.15) is 11.6 Å². The van der Waals surface area contributed by atoms with Crippen LogP contribution in [0.1, 0.15) is 19.8 Å². The van der Waals surface area contributed by atoms with Crippen LogP contribution in [0.3, 0.4) is 0 Å². The standard InChI is InChI=1S/C13H16FNO4/c1-2-10(7-13(17)18)15-12(16)8-19-11-5-3-4-9(14)6-11/h3-6,10H,2,7-8H2,1H3,(H,15,16)(H,17,18). The summed E-state index contributed by atoms with van der Waals surface area (Å²) in [5.41, 5.74) is 0. The molecule has 0 heterocycles. The van der Waals surface area contributed by atoms with Crippen LogP contribution < -0.4 is 10.1 Å². The van der Waals surface area contributed by atoms with Gasteiger partial charge < -0.3 is 15.2 Å². The summed E-state index contributed by atoms with van der Waals surface area (Å²) in [7, 11) is 0. The van der Waals surface area contributed by atoms with E-state index in [0.717, 1.165) is 0 Å². The molecule has 1 aromatic carbocycles. The molecule has 0 bridgehead atoms. The summed E-state index contributed by atoms with van der Waals surface area (Å²) >= 11 is 0. The van der Waals surface area contributed by atoms with E-state index in [1.54, 1.807) is 6.92 Å². The summed E-state index contributed by atoms with van der Waals surface area (Å²) in [5, 5.41) is 11.2. The van der Waals surface area contributed by atoms with Gasteiger partial charge in [-0.25, -0.2) is 4.39 Å². The van der Waals surface area contributed by atoms with Crippen LogP contribution in [0.25, 0.3) is 0 Å². The first-order valence-electron chi connectivity index (χ1n) is 5.90. The second-order valence-electron chi connectivity index (χ2n) is 4.02. The van der Waals surface area contributed by atoms with Gasteiger partial charge in [0.2, 0.25) is 0 Å². The minimum atomic E-state index is -0.974. The normalized spacial score (nSPS) is 11.7. The number of aliphatic carboxylic acids is 1. The quantitative estimate of drug-likeness (QED) is 0.788. The summed E-state index contributed by atoms with van der Waals surface area (Å²) in [6.45, 7) is 1.50. The predicted octanol–water partition coefficient (Wildman–Crippen LogP) is 1.57. The minimum absolute atomic E-state index is 0.137. The summed E-state index contributed by atoms with van der Waals surface area (Å²) < 4.78 is 18.0. The number of halogens is 1. The van der Waals surface area contributed by atoms with E-state index in [0.29, 0.717) is 6.42 Å². The van der Waals surface area contributed by atoms with Gasteiger partial charge in [-0.2, -0.15) is 0 Å². The van der Waals surface area contributed by atoms with Gasteiger partial charge in [0.25, 0.3) is 5.91 Å². The van der Waals surface area contributed by atoms with Gasteiger partial charge in [-0.15, -0.1) is 0 Å². The number of carboxylic acids is 1. The molecule has 0 saturated carbocycles. The third-order valence-electron chi connectivity index (χ3n) is 2.44. The van der Waals surface area contributed by atoms with Crippen molar-refractivity contribution in [1.29, 1.82) is 0 Å². The molecular weight excluding hydrogens is 253 g/mol. The van der Waals surface area contributed by atoms with Crippen LogP contribution in [-0.4, -0.2) is 29.6 Å². The fourth-order valence-corrected chi connectivity index (χ4v) is 1.48. The average molecular weight is 269 g/mol. The molecule has 0 aliphatic rings. The molecule has 19 heavy (non-hydrogen) atoms. The van der Waals surface area contributed by atoms with Crippen molar-refractivity contribution < 1.29 is 23.8 Å². The topological polar surface area (TPSA) is 75.6 Å². The third kappa shape index (κ3) is 5.85. The van der Waals surface area contributed by atoms with Crippen molar-refractivity contribution in [3.63, 3.8) is 0 Å². The highest BCUT2D eigenvalue weighted by Gasteiger charge is 2.14. The van der Waals surface area contributed by atoms with E-state index in [1.165, 1.54) is 24.3 Å². The maximum Gasteiger partial charge on any atom is 0.305 e. The number of hydrogen-bond acceptors (Lipinski definition) is 3. The first-order chi connectivity index (χ1) is 9.01. The van der Waals surface area contributed by atoms with Crippen LogP contribution in [0.2, 0.25) is 0 Å². The highest BCUT2D eigenvalue weighted by atomic mass is 19.1. The Morgan fingerprint density at radius 3 is 2.79 bits per heavy atom. The Kier molecular flexibility index (Phi) is 5.78. The maximum absolute atomic E-state index is 12.9. The number of ether oxygens (including phenoxy) is 1. The van der Waals surface area contributed by atoms with Crippen LogP contribution >= 0.6 is 0 Å². The van der Waals surface area contributed by atoms with E-state index in [2.05, 4.69) is 5.32 Å². The zero-order chi connectivity index (χ0) is 14.3. The molecule has 0 aromatic heterocycles. The number of carboxylic acid groups (broad SMARTS) is 1. The molecule has 0 fully saturated rings. The third-order valence-corrected chi connectivity index (χ3v) is 2.44. The van der Waals surface area contributed by atoms with Gasteiger partial charge in [-0.1, -0.05) is 13.0 Å². The predicted molar refractivity (Wildman–Crippen MR) is 66.4 cm³/mol. The number of amides is 1. The molecule has 1 unspecified atom stereocenters. The fourth-order valence-electron chi connectivity index (χ4n) is 1.48. The summed E-state index contributed by atoms with van der Waals surface area (Å²) in [6.07, 6.45) is 0.375. The lowest BCUT2D eigenvalue weighted by molar-refractivity contribution is -0.137. The van der Waals surface area contributed by atoms with Crippen molar-refractivity contribution in [2.75, 3.05) is 6.61 Å². The van der Waals surface area contributed by atoms with Crippen molar-refractivity contribution in [3.05, 3.63) is 30.1 Å². The number of carbonyl (C=O) groups is 2. The number of hydrogen-bond donors (Lipinski definition) is 2. The zero-order valence-electron chi connectivity index (χ0n) is 10.6. The molecule has 6 heteroatoms.